The zero-order valence-electron chi connectivity index (χ0n) is 8.11. The smallest absolute Gasteiger partial charge is 0.152 e. The molecular formula is C10H11N3O. The molecule has 0 aliphatic rings. The number of nitrogens with zero attached hydrogens (tertiary/aromatic N) is 2. The van der Waals surface area contributed by atoms with Crippen LogP contribution in [-0.4, -0.2) is 16.1 Å². The van der Waals surface area contributed by atoms with E-state index in [4.69, 9.17) is 5.73 Å². The van der Waals surface area contributed by atoms with E-state index in [1.54, 1.807) is 16.8 Å². The van der Waals surface area contributed by atoms with Crippen molar-refractivity contribution in [3.8, 4) is 0 Å². The highest BCUT2D eigenvalue weighted by Gasteiger charge is 2.07. The summed E-state index contributed by atoms with van der Waals surface area (Å²) < 4.78 is 1.78. The van der Waals surface area contributed by atoms with Gasteiger partial charge in [-0.3, -0.25) is 9.48 Å². The molecule has 4 heteroatoms. The highest BCUT2D eigenvalue weighted by atomic mass is 16.1. The van der Waals surface area contributed by atoms with Crippen LogP contribution in [0.25, 0.3) is 10.9 Å². The maximum Gasteiger partial charge on any atom is 0.152 e. The van der Waals surface area contributed by atoms with Crippen LogP contribution in [0.1, 0.15) is 16.1 Å². The van der Waals surface area contributed by atoms with Crippen molar-refractivity contribution < 1.29 is 4.79 Å². The van der Waals surface area contributed by atoms with Crippen molar-refractivity contribution >= 4 is 22.9 Å². The van der Waals surface area contributed by atoms with Crippen molar-refractivity contribution in [1.29, 1.82) is 0 Å². The van der Waals surface area contributed by atoms with Gasteiger partial charge < -0.3 is 5.73 Å². The molecule has 0 aliphatic heterocycles. The highest BCUT2D eigenvalue weighted by molar-refractivity contribution is 5.94. The molecule has 72 valence electrons. The fraction of sp³-hybridized carbons (Fsp3) is 0.200. The second-order valence-electron chi connectivity index (χ2n) is 3.33. The lowest BCUT2D eigenvalue weighted by Gasteiger charge is -1.97. The second kappa shape index (κ2) is 2.83. The number of aryl methyl sites for hydroxylation is 2. The highest BCUT2D eigenvalue weighted by Crippen LogP contribution is 2.22. The Morgan fingerprint density at radius 1 is 1.50 bits per heavy atom. The van der Waals surface area contributed by atoms with Crippen molar-refractivity contribution in [2.24, 2.45) is 7.05 Å². The van der Waals surface area contributed by atoms with Crippen LogP contribution in [0.15, 0.2) is 12.1 Å². The number of aromatic nitrogens is 2. The van der Waals surface area contributed by atoms with Crippen LogP contribution >= 0.6 is 0 Å². The summed E-state index contributed by atoms with van der Waals surface area (Å²) in [6.45, 7) is 1.96. The molecule has 0 fully saturated rings. The molecule has 0 bridgehead atoms. The lowest BCUT2D eigenvalue weighted by Crippen LogP contribution is -1.92. The summed E-state index contributed by atoms with van der Waals surface area (Å²) in [6, 6.07) is 3.51. The van der Waals surface area contributed by atoms with Gasteiger partial charge in [0, 0.05) is 29.4 Å². The fourth-order valence-electron chi connectivity index (χ4n) is 1.51. The van der Waals surface area contributed by atoms with Crippen LogP contribution in [0, 0.1) is 6.92 Å². The van der Waals surface area contributed by atoms with E-state index in [9.17, 15) is 4.79 Å². The average molecular weight is 189 g/mol. The van der Waals surface area contributed by atoms with Gasteiger partial charge in [0.1, 0.15) is 0 Å². The molecule has 1 aromatic heterocycles. The number of rotatable bonds is 1. The quantitative estimate of drug-likeness (QED) is 0.543. The first-order chi connectivity index (χ1) is 6.63. The zero-order valence-corrected chi connectivity index (χ0v) is 8.11. The standard InChI is InChI=1S/C10H11N3O/c1-6-8-3-7(5-14)9(11)4-10(8)12-13(6)2/h3-5H,11H2,1-2H3. The van der Waals surface area contributed by atoms with Gasteiger partial charge in [0.15, 0.2) is 6.29 Å². The van der Waals surface area contributed by atoms with Crippen LogP contribution in [0.4, 0.5) is 5.69 Å². The summed E-state index contributed by atoms with van der Waals surface area (Å²) in [7, 11) is 1.87. The molecule has 4 nitrogen and oxygen atoms in total. The number of carbonyl (C=O) groups is 1. The molecule has 1 heterocycles. The van der Waals surface area contributed by atoms with Crippen molar-refractivity contribution in [3.63, 3.8) is 0 Å². The van der Waals surface area contributed by atoms with Gasteiger partial charge in [-0.15, -0.1) is 0 Å². The Bertz CT molecular complexity index is 514. The largest absolute Gasteiger partial charge is 0.398 e. The van der Waals surface area contributed by atoms with Crippen molar-refractivity contribution in [3.05, 3.63) is 23.4 Å². The Morgan fingerprint density at radius 3 is 2.86 bits per heavy atom. The van der Waals surface area contributed by atoms with Crippen LogP contribution in [-0.2, 0) is 7.05 Å². The van der Waals surface area contributed by atoms with Gasteiger partial charge in [-0.1, -0.05) is 0 Å². The van der Waals surface area contributed by atoms with Gasteiger partial charge in [0.2, 0.25) is 0 Å². The molecule has 1 aromatic carbocycles. The number of carbonyl (C=O) groups excluding carboxylic acids is 1. The molecule has 2 rings (SSSR count). The average Bonchev–Trinajstić information content (AvgIpc) is 2.41. The van der Waals surface area contributed by atoms with E-state index in [-0.39, 0.29) is 0 Å². The molecule has 0 atom stereocenters. The molecule has 0 amide bonds. The first kappa shape index (κ1) is 8.74. The summed E-state index contributed by atoms with van der Waals surface area (Å²) in [5.41, 5.74) is 8.53. The van der Waals surface area contributed by atoms with E-state index >= 15 is 0 Å². The fourth-order valence-corrected chi connectivity index (χ4v) is 1.51. The molecule has 2 aromatic rings. The number of aldehydes is 1. The van der Waals surface area contributed by atoms with Crippen molar-refractivity contribution in [1.82, 2.24) is 9.78 Å². The molecule has 0 saturated heterocycles. The summed E-state index contributed by atoms with van der Waals surface area (Å²) in [5, 5.41) is 5.25. The minimum Gasteiger partial charge on any atom is -0.398 e. The van der Waals surface area contributed by atoms with Crippen molar-refractivity contribution in [2.75, 3.05) is 5.73 Å². The van der Waals surface area contributed by atoms with Crippen LogP contribution < -0.4 is 5.73 Å². The molecule has 0 aliphatic carbocycles. The first-order valence-electron chi connectivity index (χ1n) is 4.31. The Morgan fingerprint density at radius 2 is 2.21 bits per heavy atom. The molecule has 14 heavy (non-hydrogen) atoms. The van der Waals surface area contributed by atoms with Crippen LogP contribution in [0.3, 0.4) is 0 Å². The summed E-state index contributed by atoms with van der Waals surface area (Å²) in [6.07, 6.45) is 0.765. The van der Waals surface area contributed by atoms with Gasteiger partial charge in [-0.25, -0.2) is 0 Å². The predicted molar refractivity (Wildman–Crippen MR) is 55.3 cm³/mol. The molecule has 0 radical (unpaired) electrons. The second-order valence-corrected chi connectivity index (χ2v) is 3.33. The van der Waals surface area contributed by atoms with Gasteiger partial charge in [-0.2, -0.15) is 5.10 Å². The minimum absolute atomic E-state index is 0.477. The molecule has 0 unspecified atom stereocenters. The Labute approximate surface area is 81.3 Å². The van der Waals surface area contributed by atoms with Crippen LogP contribution in [0.2, 0.25) is 0 Å². The normalized spacial score (nSPS) is 10.7. The third kappa shape index (κ3) is 1.08. The zero-order chi connectivity index (χ0) is 10.3. The maximum absolute atomic E-state index is 10.7. The Kier molecular flexibility index (Phi) is 1.77. The van der Waals surface area contributed by atoms with Gasteiger partial charge >= 0.3 is 0 Å². The predicted octanol–water partition coefficient (Wildman–Crippen LogP) is 1.28. The summed E-state index contributed by atoms with van der Waals surface area (Å²) >= 11 is 0. The minimum atomic E-state index is 0.477. The monoisotopic (exact) mass is 189 g/mol. The third-order valence-electron chi connectivity index (χ3n) is 2.46. The van der Waals surface area contributed by atoms with Gasteiger partial charge in [0.05, 0.1) is 5.52 Å². The SMILES string of the molecule is Cc1c2cc(C=O)c(N)cc2nn1C. The summed E-state index contributed by atoms with van der Waals surface area (Å²) in [5.74, 6) is 0. The van der Waals surface area contributed by atoms with E-state index in [1.807, 2.05) is 14.0 Å². The van der Waals surface area contributed by atoms with Gasteiger partial charge in [0.25, 0.3) is 0 Å². The molecule has 0 spiro atoms. The topological polar surface area (TPSA) is 60.9 Å². The summed E-state index contributed by atoms with van der Waals surface area (Å²) in [4.78, 5) is 10.7. The number of benzene rings is 1. The molecule has 2 N–H and O–H groups in total. The number of nitrogen functional groups attached to an aromatic ring is 1. The van der Waals surface area contributed by atoms with E-state index in [2.05, 4.69) is 5.10 Å². The van der Waals surface area contributed by atoms with Crippen LogP contribution in [0.5, 0.6) is 0 Å². The Hall–Kier alpha value is -1.84. The molecule has 0 saturated carbocycles. The number of fused-ring (bicyclic) bond motifs is 1. The molecular weight excluding hydrogens is 178 g/mol. The van der Waals surface area contributed by atoms with E-state index in [0.29, 0.717) is 11.3 Å². The number of nitrogens with two attached hydrogens (primary N) is 1. The Balaban J connectivity index is 2.86. The number of anilines is 1. The number of hydrogen-bond acceptors (Lipinski definition) is 3. The third-order valence-corrected chi connectivity index (χ3v) is 2.46. The van der Waals surface area contributed by atoms with Gasteiger partial charge in [-0.05, 0) is 19.1 Å². The lowest BCUT2D eigenvalue weighted by atomic mass is 10.1. The number of hydrogen-bond donors (Lipinski definition) is 1. The van der Waals surface area contributed by atoms with E-state index in [0.717, 1.165) is 22.9 Å². The maximum atomic E-state index is 10.7. The van der Waals surface area contributed by atoms with E-state index < -0.39 is 0 Å². The lowest BCUT2D eigenvalue weighted by molar-refractivity contribution is 0.112. The van der Waals surface area contributed by atoms with Crippen molar-refractivity contribution in [2.45, 2.75) is 6.92 Å². The van der Waals surface area contributed by atoms with E-state index in [1.165, 1.54) is 0 Å². The first-order valence-corrected chi connectivity index (χ1v) is 4.31.